The molecule has 1 heterocycles. The molecule has 1 N–H and O–H groups in total. The van der Waals surface area contributed by atoms with Gasteiger partial charge in [0.15, 0.2) is 22.4 Å². The van der Waals surface area contributed by atoms with Crippen molar-refractivity contribution < 1.29 is 19.1 Å². The van der Waals surface area contributed by atoms with E-state index in [9.17, 15) is 9.59 Å². The minimum absolute atomic E-state index is 0.161. The molecule has 4 rings (SSSR count). The van der Waals surface area contributed by atoms with Crippen LogP contribution in [-0.4, -0.2) is 29.3 Å². The molecule has 0 radical (unpaired) electrons. The van der Waals surface area contributed by atoms with E-state index in [1.807, 2.05) is 69.3 Å². The van der Waals surface area contributed by atoms with Gasteiger partial charge in [0.2, 0.25) is 0 Å². The number of hydrogen-bond donors (Lipinski definition) is 1. The van der Waals surface area contributed by atoms with Crippen molar-refractivity contribution in [3.05, 3.63) is 87.8 Å². The lowest BCUT2D eigenvalue weighted by atomic mass is 10.1. The van der Waals surface area contributed by atoms with E-state index in [4.69, 9.17) is 21.7 Å². The minimum Gasteiger partial charge on any atom is -0.490 e. The van der Waals surface area contributed by atoms with Crippen molar-refractivity contribution >= 4 is 57.6 Å². The van der Waals surface area contributed by atoms with Crippen molar-refractivity contribution in [1.29, 1.82) is 0 Å². The molecular formula is C30H30N2O4S2. The Morgan fingerprint density at radius 2 is 1.79 bits per heavy atom. The van der Waals surface area contributed by atoms with Crippen LogP contribution in [0.4, 0.5) is 11.4 Å². The largest absolute Gasteiger partial charge is 0.490 e. The summed E-state index contributed by atoms with van der Waals surface area (Å²) in [5.74, 6) is 0.515. The van der Waals surface area contributed by atoms with E-state index in [2.05, 4.69) is 12.2 Å². The number of nitrogens with zero attached hydrogens (tertiary/aromatic N) is 1. The van der Waals surface area contributed by atoms with Crippen LogP contribution in [0.2, 0.25) is 0 Å². The van der Waals surface area contributed by atoms with E-state index in [1.54, 1.807) is 23.1 Å². The lowest BCUT2D eigenvalue weighted by molar-refractivity contribution is -0.118. The summed E-state index contributed by atoms with van der Waals surface area (Å²) in [6, 6.07) is 19.0. The monoisotopic (exact) mass is 546 g/mol. The minimum atomic E-state index is -0.263. The SMILES string of the molecule is CCOc1cc(/C=C2\SC(=S)N(c3ccc(CC)cc3)C2=O)ccc1OCC(=O)Nc1cccc(C)c1C. The van der Waals surface area contributed by atoms with Crippen molar-refractivity contribution in [3.63, 3.8) is 0 Å². The Labute approximate surface area is 233 Å². The van der Waals surface area contributed by atoms with Crippen LogP contribution < -0.4 is 19.7 Å². The molecular weight excluding hydrogens is 516 g/mol. The Bertz CT molecular complexity index is 1400. The maximum Gasteiger partial charge on any atom is 0.270 e. The van der Waals surface area contributed by atoms with Crippen LogP contribution in [0.15, 0.2) is 65.6 Å². The highest BCUT2D eigenvalue weighted by molar-refractivity contribution is 8.27. The number of nitrogens with one attached hydrogen (secondary N) is 1. The summed E-state index contributed by atoms with van der Waals surface area (Å²) < 4.78 is 12.1. The molecule has 196 valence electrons. The standard InChI is InChI=1S/C30H30N2O4S2/c1-5-21-10-13-23(14-11-21)32-29(34)27(38-30(32)37)17-22-12-15-25(26(16-22)35-6-2)36-18-28(33)31-24-9-7-8-19(3)20(24)4/h7-17H,5-6,18H2,1-4H3,(H,31,33)/b27-17-. The lowest BCUT2D eigenvalue weighted by Gasteiger charge is -2.15. The highest BCUT2D eigenvalue weighted by Gasteiger charge is 2.33. The summed E-state index contributed by atoms with van der Waals surface area (Å²) in [6.07, 6.45) is 2.72. The number of ether oxygens (including phenoxy) is 2. The van der Waals surface area contributed by atoms with Crippen molar-refractivity contribution in [2.45, 2.75) is 34.1 Å². The average Bonchev–Trinajstić information content (AvgIpc) is 3.18. The number of carbonyl (C=O) groups is 2. The van der Waals surface area contributed by atoms with Crippen LogP contribution in [0.3, 0.4) is 0 Å². The van der Waals surface area contributed by atoms with Gasteiger partial charge in [-0.3, -0.25) is 14.5 Å². The molecule has 0 bridgehead atoms. The second-order valence-electron chi connectivity index (χ2n) is 8.76. The fraction of sp³-hybridized carbons (Fsp3) is 0.233. The zero-order valence-corrected chi connectivity index (χ0v) is 23.5. The average molecular weight is 547 g/mol. The molecule has 1 aliphatic rings. The van der Waals surface area contributed by atoms with Gasteiger partial charge in [-0.1, -0.05) is 61.2 Å². The van der Waals surface area contributed by atoms with E-state index < -0.39 is 0 Å². The molecule has 3 aromatic carbocycles. The number of thiocarbonyl (C=S) groups is 1. The smallest absolute Gasteiger partial charge is 0.270 e. The predicted molar refractivity (Wildman–Crippen MR) is 159 cm³/mol. The second kappa shape index (κ2) is 12.3. The normalized spacial score (nSPS) is 14.2. The molecule has 6 nitrogen and oxygen atoms in total. The van der Waals surface area contributed by atoms with Crippen molar-refractivity contribution in [1.82, 2.24) is 0 Å². The van der Waals surface area contributed by atoms with Crippen molar-refractivity contribution in [2.75, 3.05) is 23.4 Å². The third-order valence-corrected chi connectivity index (χ3v) is 7.50. The Kier molecular flexibility index (Phi) is 8.86. The zero-order valence-electron chi connectivity index (χ0n) is 21.9. The van der Waals surface area contributed by atoms with Gasteiger partial charge < -0.3 is 14.8 Å². The van der Waals surface area contributed by atoms with E-state index in [0.29, 0.717) is 27.3 Å². The third-order valence-electron chi connectivity index (χ3n) is 6.20. The molecule has 1 aliphatic heterocycles. The molecule has 2 amide bonds. The molecule has 3 aromatic rings. The highest BCUT2D eigenvalue weighted by Crippen LogP contribution is 2.37. The van der Waals surface area contributed by atoms with Crippen LogP contribution in [0, 0.1) is 13.8 Å². The molecule has 8 heteroatoms. The molecule has 0 atom stereocenters. The first-order chi connectivity index (χ1) is 18.3. The van der Waals surface area contributed by atoms with Gasteiger partial charge in [-0.25, -0.2) is 0 Å². The van der Waals surface area contributed by atoms with Crippen LogP contribution in [0.1, 0.15) is 36.1 Å². The third kappa shape index (κ3) is 6.26. The first-order valence-corrected chi connectivity index (χ1v) is 13.7. The zero-order chi connectivity index (χ0) is 27.2. The van der Waals surface area contributed by atoms with Crippen molar-refractivity contribution in [2.24, 2.45) is 0 Å². The van der Waals surface area contributed by atoms with Crippen LogP contribution in [-0.2, 0) is 16.0 Å². The first-order valence-electron chi connectivity index (χ1n) is 12.4. The number of amides is 2. The maximum absolute atomic E-state index is 13.2. The van der Waals surface area contributed by atoms with Crippen LogP contribution in [0.25, 0.3) is 6.08 Å². The Balaban J connectivity index is 1.47. The van der Waals surface area contributed by atoms with Crippen LogP contribution in [0.5, 0.6) is 11.5 Å². The van der Waals surface area contributed by atoms with Gasteiger partial charge in [-0.05, 0) is 85.9 Å². The number of benzene rings is 3. The number of rotatable bonds is 9. The van der Waals surface area contributed by atoms with E-state index in [0.717, 1.165) is 34.5 Å². The molecule has 0 aromatic heterocycles. The fourth-order valence-corrected chi connectivity index (χ4v) is 5.24. The Morgan fingerprint density at radius 3 is 2.50 bits per heavy atom. The quantitative estimate of drug-likeness (QED) is 0.238. The van der Waals surface area contributed by atoms with Gasteiger partial charge in [-0.2, -0.15) is 0 Å². The molecule has 0 spiro atoms. The van der Waals surface area contributed by atoms with Gasteiger partial charge in [-0.15, -0.1) is 0 Å². The highest BCUT2D eigenvalue weighted by atomic mass is 32.2. The van der Waals surface area contributed by atoms with E-state index >= 15 is 0 Å². The number of hydrogen-bond acceptors (Lipinski definition) is 6. The number of aryl methyl sites for hydroxylation is 2. The summed E-state index contributed by atoms with van der Waals surface area (Å²) >= 11 is 6.77. The van der Waals surface area contributed by atoms with Gasteiger partial charge in [0, 0.05) is 5.69 Å². The van der Waals surface area contributed by atoms with E-state index in [-0.39, 0.29) is 18.4 Å². The molecule has 0 aliphatic carbocycles. The van der Waals surface area contributed by atoms with E-state index in [1.165, 1.54) is 17.3 Å². The van der Waals surface area contributed by atoms with Gasteiger partial charge in [0.1, 0.15) is 0 Å². The second-order valence-corrected chi connectivity index (χ2v) is 10.4. The first kappa shape index (κ1) is 27.4. The van der Waals surface area contributed by atoms with Crippen molar-refractivity contribution in [3.8, 4) is 11.5 Å². The predicted octanol–water partition coefficient (Wildman–Crippen LogP) is 6.69. The summed E-state index contributed by atoms with van der Waals surface area (Å²) in [6.45, 7) is 8.18. The molecule has 0 unspecified atom stereocenters. The van der Waals surface area contributed by atoms with Gasteiger partial charge >= 0.3 is 0 Å². The van der Waals surface area contributed by atoms with Gasteiger partial charge in [0.25, 0.3) is 11.8 Å². The number of anilines is 2. The number of carbonyl (C=O) groups excluding carboxylic acids is 2. The van der Waals surface area contributed by atoms with Crippen LogP contribution >= 0.6 is 24.0 Å². The summed E-state index contributed by atoms with van der Waals surface area (Å²) in [4.78, 5) is 27.8. The fourth-order valence-electron chi connectivity index (χ4n) is 3.94. The summed E-state index contributed by atoms with van der Waals surface area (Å²) in [5.41, 5.74) is 5.60. The molecule has 38 heavy (non-hydrogen) atoms. The molecule has 1 saturated heterocycles. The van der Waals surface area contributed by atoms with Gasteiger partial charge in [0.05, 0.1) is 17.2 Å². The summed E-state index contributed by atoms with van der Waals surface area (Å²) in [7, 11) is 0. The Hall–Kier alpha value is -3.62. The number of thioether (sulfide) groups is 1. The molecule has 1 fully saturated rings. The maximum atomic E-state index is 13.2. The topological polar surface area (TPSA) is 67.9 Å². The lowest BCUT2D eigenvalue weighted by Crippen LogP contribution is -2.27. The summed E-state index contributed by atoms with van der Waals surface area (Å²) in [5, 5.41) is 2.89. The Morgan fingerprint density at radius 1 is 1.03 bits per heavy atom. The molecule has 0 saturated carbocycles.